The van der Waals surface area contributed by atoms with Crippen molar-refractivity contribution in [2.24, 2.45) is 11.8 Å². The van der Waals surface area contributed by atoms with Gasteiger partial charge in [-0.15, -0.1) is 22.7 Å². The maximum atomic E-state index is 14.6. The van der Waals surface area contributed by atoms with Gasteiger partial charge in [0, 0.05) is 43.7 Å². The van der Waals surface area contributed by atoms with Gasteiger partial charge >= 0.3 is 7.05 Å². The van der Waals surface area contributed by atoms with Crippen LogP contribution >= 0.6 is 22.7 Å². The zero-order chi connectivity index (χ0) is 51.1. The van der Waals surface area contributed by atoms with E-state index in [2.05, 4.69) is 53.8 Å². The van der Waals surface area contributed by atoms with Gasteiger partial charge in [0.05, 0.1) is 33.9 Å². The number of hydrogen-bond donors (Lipinski definition) is 2. The first-order chi connectivity index (χ1) is 36.1. The maximum Gasteiger partial charge on any atom is 0.376 e. The first kappa shape index (κ1) is 51.4. The van der Waals surface area contributed by atoms with Crippen LogP contribution in [0.4, 0.5) is 0 Å². The van der Waals surface area contributed by atoms with Crippen molar-refractivity contribution in [2.75, 3.05) is 39.3 Å². The van der Waals surface area contributed by atoms with Crippen LogP contribution < -0.4 is 5.32 Å². The number of likely N-dealkylation sites (tertiary alicyclic amines) is 2. The van der Waals surface area contributed by atoms with Crippen LogP contribution in [-0.2, 0) is 24.0 Å². The molecule has 74 heavy (non-hydrogen) atoms. The second-order valence-corrected chi connectivity index (χ2v) is 22.3. The summed E-state index contributed by atoms with van der Waals surface area (Å²) in [7, 11) is 0.996. The van der Waals surface area contributed by atoms with Gasteiger partial charge < -0.3 is 34.6 Å². The van der Waals surface area contributed by atoms with Crippen LogP contribution in [0.15, 0.2) is 122 Å². The van der Waals surface area contributed by atoms with Crippen LogP contribution in [0, 0.1) is 11.8 Å². The lowest BCUT2D eigenvalue weighted by atomic mass is 9.78. The summed E-state index contributed by atoms with van der Waals surface area (Å²) in [5, 5.41) is 15.0. The van der Waals surface area contributed by atoms with Gasteiger partial charge in [-0.25, -0.2) is 9.97 Å². The molecule has 6 aromatic rings. The first-order valence-corrected chi connectivity index (χ1v) is 27.9. The molecule has 10 rings (SSSR count). The van der Waals surface area contributed by atoms with E-state index < -0.39 is 19.0 Å². The zero-order valence-corrected chi connectivity index (χ0v) is 43.5. The van der Waals surface area contributed by atoms with Gasteiger partial charge in [-0.3, -0.25) is 19.2 Å². The molecule has 2 aromatic heterocycles. The third-order valence-corrected chi connectivity index (χ3v) is 17.9. The van der Waals surface area contributed by atoms with Crippen LogP contribution in [-0.4, -0.2) is 118 Å². The molecule has 0 spiro atoms. The average Bonchev–Trinajstić information content (AvgIpc) is 4.31. The topological polar surface area (TPSA) is 156 Å². The summed E-state index contributed by atoms with van der Waals surface area (Å²) >= 11 is 3.23. The second-order valence-electron chi connectivity index (χ2n) is 20.2. The third kappa shape index (κ3) is 11.6. The Kier molecular flexibility index (Phi) is 16.4. The molecule has 13 nitrogen and oxygen atoms in total. The Morgan fingerprint density at radius 3 is 1.65 bits per heavy atom. The number of thiazole rings is 2. The molecule has 3 amide bonds. The summed E-state index contributed by atoms with van der Waals surface area (Å²) in [5.74, 6) is -1.06. The minimum absolute atomic E-state index is 0.0136. The molecule has 4 aliphatic rings. The highest BCUT2D eigenvalue weighted by molar-refractivity contribution is 7.15. The number of benzene rings is 4. The van der Waals surface area contributed by atoms with E-state index in [1.807, 2.05) is 92.5 Å². The lowest BCUT2D eigenvalue weighted by Crippen LogP contribution is -2.47. The van der Waals surface area contributed by atoms with Gasteiger partial charge in [0.2, 0.25) is 17.7 Å². The van der Waals surface area contributed by atoms with Gasteiger partial charge in [0.1, 0.15) is 21.8 Å². The lowest BCUT2D eigenvalue weighted by Gasteiger charge is -2.33. The van der Waals surface area contributed by atoms with Crippen molar-refractivity contribution in [3.63, 3.8) is 0 Å². The molecule has 0 unspecified atom stereocenters. The smallest absolute Gasteiger partial charge is 0.376 e. The maximum absolute atomic E-state index is 14.6. The monoisotopic (exact) mass is 1030 g/mol. The molecule has 4 atom stereocenters. The van der Waals surface area contributed by atoms with Gasteiger partial charge in [-0.05, 0) is 118 Å². The van der Waals surface area contributed by atoms with Crippen molar-refractivity contribution in [3.05, 3.63) is 143 Å². The number of nitrogens with zero attached hydrogens (tertiary/aromatic N) is 6. The number of ketones is 1. The number of carbonyl (C=O) groups excluding carboxylic acids is 5. The Balaban J connectivity index is 0.774. The molecule has 17 heteroatoms. The van der Waals surface area contributed by atoms with Crippen molar-refractivity contribution in [1.29, 1.82) is 0 Å². The average molecular weight is 1030 g/mol. The van der Waals surface area contributed by atoms with Gasteiger partial charge in [-0.2, -0.15) is 0 Å². The fourth-order valence-corrected chi connectivity index (χ4v) is 13.5. The molecule has 0 saturated carbocycles. The third-order valence-electron chi connectivity index (χ3n) is 15.6. The fraction of sp³-hybridized carbons (Fsp3) is 0.386. The molecule has 1 radical (unpaired) electrons. The standard InChI is InChI=1S/C57H62B2N7O6S2/c1-59(72)64-32-26-41(27-33-64)49(68)34-46(40-10-4-2-5-11-40)56(70)65-28-8-14-47(65)54-60-35-50(73-54)42-20-16-38(17-21-42)39-18-22-43(23-19-39)51-36-61-55(74-51)48-15-9-29-66(48)57(71)52(44-12-6-3-7-13-44)62-53(69)45-24-30-63(31-25-45)58-37-67/h2-7,10-13,16-23,35-37,41,45-48,52,72H,8-9,14-15,24-34H2,1H3,(H,62,69)/t46-,47+,48+,52-/m1/s1. The van der Waals surface area contributed by atoms with Crippen molar-refractivity contribution in [1.82, 2.24) is 34.7 Å². The minimum atomic E-state index is -0.814. The van der Waals surface area contributed by atoms with Crippen molar-refractivity contribution in [3.8, 4) is 32.0 Å². The van der Waals surface area contributed by atoms with E-state index in [0.29, 0.717) is 65.0 Å². The number of carbonyl (C=O) groups is 5. The predicted molar refractivity (Wildman–Crippen MR) is 293 cm³/mol. The molecule has 4 aliphatic heterocycles. The highest BCUT2D eigenvalue weighted by Crippen LogP contribution is 2.42. The van der Waals surface area contributed by atoms with E-state index in [9.17, 15) is 29.0 Å². The molecule has 4 saturated heterocycles. The van der Waals surface area contributed by atoms with Gasteiger partial charge in [-0.1, -0.05) is 109 Å². The molecule has 379 valence electrons. The van der Waals surface area contributed by atoms with Gasteiger partial charge in [0.15, 0.2) is 0 Å². The van der Waals surface area contributed by atoms with E-state index in [4.69, 9.17) is 9.97 Å². The number of Topliss-reactive ketones (excluding diaryl/α,β-unsaturated/α-hetero) is 1. The fourth-order valence-electron chi connectivity index (χ4n) is 11.3. The Morgan fingerprint density at radius 1 is 0.649 bits per heavy atom. The van der Waals surface area contributed by atoms with E-state index in [-0.39, 0.29) is 53.8 Å². The molecule has 2 N–H and O–H groups in total. The van der Waals surface area contributed by atoms with E-state index in [1.165, 1.54) is 7.41 Å². The Hall–Kier alpha value is -6.10. The van der Waals surface area contributed by atoms with E-state index in [1.54, 1.807) is 29.5 Å². The van der Waals surface area contributed by atoms with E-state index >= 15 is 0 Å². The quantitative estimate of drug-likeness (QED) is 0.0669. The summed E-state index contributed by atoms with van der Waals surface area (Å²) in [5.41, 5.74) is 5.88. The highest BCUT2D eigenvalue weighted by atomic mass is 32.1. The molecule has 0 aliphatic carbocycles. The zero-order valence-electron chi connectivity index (χ0n) is 41.8. The number of hydrogen-bond acceptors (Lipinski definition) is 12. The predicted octanol–water partition coefficient (Wildman–Crippen LogP) is 8.87. The second kappa shape index (κ2) is 23.6. The summed E-state index contributed by atoms with van der Waals surface area (Å²) in [4.78, 5) is 87.0. The van der Waals surface area contributed by atoms with Gasteiger partial charge in [0.25, 0.3) is 7.41 Å². The SMILES string of the molecule is CB(O)N1CCC(C(=O)C[C@@H](C(=O)N2CCC[C@H]2c2ncc(-c3ccc(-c4ccc(-c5cnc([C@@H]6CCCN6C(=O)[C@H](NC(=O)C6CCN([B]C=O)CC6)c6ccccc6)s5)cc4)cc3)s2)c2ccccc2)CC1. The highest BCUT2D eigenvalue weighted by Gasteiger charge is 2.40. The largest absolute Gasteiger partial charge is 0.437 e. The Morgan fingerprint density at radius 2 is 1.14 bits per heavy atom. The summed E-state index contributed by atoms with van der Waals surface area (Å²) in [6.07, 6.45) is 10.7. The van der Waals surface area contributed by atoms with Crippen molar-refractivity contribution >= 4 is 66.8 Å². The van der Waals surface area contributed by atoms with Crippen molar-refractivity contribution < 1.29 is 29.0 Å². The molecule has 6 heterocycles. The van der Waals surface area contributed by atoms with Crippen LogP contribution in [0.3, 0.4) is 0 Å². The Labute approximate surface area is 442 Å². The van der Waals surface area contributed by atoms with Crippen LogP contribution in [0.1, 0.15) is 103 Å². The molecular formula is C57H62B2N7O6S2. The first-order valence-electron chi connectivity index (χ1n) is 26.2. The minimum Gasteiger partial charge on any atom is -0.437 e. The van der Waals surface area contributed by atoms with Crippen molar-refractivity contribution in [2.45, 2.75) is 88.7 Å². The number of amides is 3. The lowest BCUT2D eigenvalue weighted by molar-refractivity contribution is -0.138. The van der Waals surface area contributed by atoms with E-state index in [0.717, 1.165) is 85.0 Å². The van der Waals surface area contributed by atoms with Crippen LogP contribution in [0.5, 0.6) is 0 Å². The summed E-state index contributed by atoms with van der Waals surface area (Å²) in [6, 6.07) is 35.0. The summed E-state index contributed by atoms with van der Waals surface area (Å²) in [6.45, 7) is 5.57. The number of nitrogens with one attached hydrogen (secondary N) is 1. The number of piperidine rings is 2. The molecule has 4 aromatic carbocycles. The normalized spacial score (nSPS) is 19.8. The molecular weight excluding hydrogens is 964 g/mol. The molecule has 4 fully saturated rings. The van der Waals surface area contributed by atoms with Crippen LogP contribution in [0.25, 0.3) is 32.0 Å². The molecule has 0 bridgehead atoms. The summed E-state index contributed by atoms with van der Waals surface area (Å²) < 4.78 is 0. The number of aromatic nitrogens is 2. The van der Waals surface area contributed by atoms with Crippen LogP contribution in [0.2, 0.25) is 6.82 Å². The number of rotatable bonds is 17. The Bertz CT molecular complexity index is 2890.